The number of anilines is 2. The molecular weight excluding hydrogens is 630 g/mol. The highest BCUT2D eigenvalue weighted by atomic mass is 19.4. The van der Waals surface area contributed by atoms with Gasteiger partial charge in [0, 0.05) is 23.3 Å². The number of aromatic nitrogens is 6. The molecule has 6 rings (SSSR count). The molecule has 0 unspecified atom stereocenters. The Morgan fingerprint density at radius 1 is 0.723 bits per heavy atom. The molecule has 2 aromatic carbocycles. The number of halogens is 6. The maximum Gasteiger partial charge on any atom is 0.421 e. The highest BCUT2D eigenvalue weighted by molar-refractivity contribution is 5.85. The molecule has 1 amide bonds. The van der Waals surface area contributed by atoms with Gasteiger partial charge >= 0.3 is 18.4 Å². The Morgan fingerprint density at radius 2 is 1.17 bits per heavy atom. The molecule has 0 radical (unpaired) electrons. The Bertz CT molecular complexity index is 2030. The van der Waals surface area contributed by atoms with Gasteiger partial charge in [-0.1, -0.05) is 60.7 Å². The fraction of sp³-hybridized carbons (Fsp3) is 0.194. The average Bonchev–Trinajstić information content (AvgIpc) is 3.63. The van der Waals surface area contributed by atoms with Crippen LogP contribution >= 0.6 is 0 Å². The third-order valence-electron chi connectivity index (χ3n) is 6.35. The fourth-order valence-electron chi connectivity index (χ4n) is 4.36. The molecule has 6 aromatic rings. The van der Waals surface area contributed by atoms with Crippen molar-refractivity contribution in [2.45, 2.75) is 38.7 Å². The number of amides is 1. The molecular formula is C31H26F6N8O2. The normalized spacial score (nSPS) is 12.1. The van der Waals surface area contributed by atoms with Crippen molar-refractivity contribution in [1.29, 1.82) is 0 Å². The van der Waals surface area contributed by atoms with E-state index in [0.29, 0.717) is 23.0 Å². The van der Waals surface area contributed by atoms with Gasteiger partial charge in [0.15, 0.2) is 11.3 Å². The summed E-state index contributed by atoms with van der Waals surface area (Å²) in [5, 5.41) is 9.81. The van der Waals surface area contributed by atoms with Gasteiger partial charge in [-0.3, -0.25) is 5.32 Å². The van der Waals surface area contributed by atoms with Crippen molar-refractivity contribution in [2.24, 2.45) is 0 Å². The number of carbonyl (C=O) groups is 1. The summed E-state index contributed by atoms with van der Waals surface area (Å²) in [4.78, 5) is 20.2. The molecule has 0 aliphatic rings. The first-order chi connectivity index (χ1) is 22.0. The minimum Gasteiger partial charge on any atom is -0.444 e. The van der Waals surface area contributed by atoms with Crippen molar-refractivity contribution in [3.63, 3.8) is 0 Å². The second-order valence-corrected chi connectivity index (χ2v) is 11.0. The number of ether oxygens (including phenoxy) is 1. The molecule has 4 heterocycles. The van der Waals surface area contributed by atoms with Crippen LogP contribution in [0.25, 0.3) is 33.8 Å². The summed E-state index contributed by atoms with van der Waals surface area (Å²) in [6.45, 7) is 5.04. The molecule has 10 nitrogen and oxygen atoms in total. The third-order valence-corrected chi connectivity index (χ3v) is 6.35. The lowest BCUT2D eigenvalue weighted by atomic mass is 10.1. The first kappa shape index (κ1) is 32.7. The summed E-state index contributed by atoms with van der Waals surface area (Å²) in [7, 11) is 0. The predicted molar refractivity (Wildman–Crippen MR) is 161 cm³/mol. The summed E-state index contributed by atoms with van der Waals surface area (Å²) in [6.07, 6.45) is -8.55. The summed E-state index contributed by atoms with van der Waals surface area (Å²) >= 11 is 0. The number of rotatable bonds is 3. The third kappa shape index (κ3) is 7.43. The predicted octanol–water partition coefficient (Wildman–Crippen LogP) is 7.76. The molecule has 4 aromatic heterocycles. The van der Waals surface area contributed by atoms with Crippen molar-refractivity contribution in [3.05, 3.63) is 96.3 Å². The second kappa shape index (κ2) is 12.3. The van der Waals surface area contributed by atoms with E-state index in [9.17, 15) is 31.1 Å². The molecule has 0 spiro atoms. The maximum absolute atomic E-state index is 13.3. The maximum atomic E-state index is 13.3. The summed E-state index contributed by atoms with van der Waals surface area (Å²) in [6, 6.07) is 20.5. The van der Waals surface area contributed by atoms with Crippen LogP contribution in [0.1, 0.15) is 31.9 Å². The van der Waals surface area contributed by atoms with Gasteiger partial charge in [0.1, 0.15) is 28.4 Å². The molecule has 0 atom stereocenters. The molecule has 0 bridgehead atoms. The minimum absolute atomic E-state index is 0.0172. The molecule has 0 aliphatic carbocycles. The van der Waals surface area contributed by atoms with Gasteiger partial charge in [0.05, 0.1) is 23.8 Å². The molecule has 0 saturated heterocycles. The zero-order valence-electron chi connectivity index (χ0n) is 24.9. The average molecular weight is 657 g/mol. The molecule has 0 saturated carbocycles. The van der Waals surface area contributed by atoms with Crippen molar-refractivity contribution in [1.82, 2.24) is 29.2 Å². The van der Waals surface area contributed by atoms with Gasteiger partial charge in [-0.15, -0.1) is 0 Å². The van der Waals surface area contributed by atoms with Crippen LogP contribution < -0.4 is 11.1 Å². The van der Waals surface area contributed by atoms with Crippen molar-refractivity contribution in [3.8, 4) is 22.5 Å². The minimum atomic E-state index is -4.63. The number of benzene rings is 2. The Morgan fingerprint density at radius 3 is 1.64 bits per heavy atom. The Hall–Kier alpha value is -5.67. The number of nitrogens with zero attached hydrogens (tertiary/aromatic N) is 6. The first-order valence-electron chi connectivity index (χ1n) is 13.8. The van der Waals surface area contributed by atoms with Gasteiger partial charge in [-0.05, 0) is 20.8 Å². The Balaban J connectivity index is 0.000000193. The fourth-order valence-corrected chi connectivity index (χ4v) is 4.36. The van der Waals surface area contributed by atoms with E-state index in [-0.39, 0.29) is 23.0 Å². The van der Waals surface area contributed by atoms with Gasteiger partial charge in [0.25, 0.3) is 0 Å². The van der Waals surface area contributed by atoms with E-state index in [4.69, 9.17) is 10.5 Å². The molecule has 0 fully saturated rings. The number of carbonyl (C=O) groups excluding carboxylic acids is 1. The van der Waals surface area contributed by atoms with E-state index in [1.165, 1.54) is 12.1 Å². The van der Waals surface area contributed by atoms with Crippen LogP contribution in [0.15, 0.2) is 85.2 Å². The second-order valence-electron chi connectivity index (χ2n) is 11.0. The molecule has 16 heteroatoms. The largest absolute Gasteiger partial charge is 0.444 e. The van der Waals surface area contributed by atoms with Gasteiger partial charge < -0.3 is 10.5 Å². The number of alkyl halides is 6. The molecule has 3 N–H and O–H groups in total. The zero-order chi connectivity index (χ0) is 34.1. The van der Waals surface area contributed by atoms with Crippen LogP contribution in [0.3, 0.4) is 0 Å². The molecule has 47 heavy (non-hydrogen) atoms. The summed E-state index contributed by atoms with van der Waals surface area (Å²) in [5.74, 6) is 0.118. The highest BCUT2D eigenvalue weighted by Gasteiger charge is 2.37. The lowest BCUT2D eigenvalue weighted by Gasteiger charge is -2.20. The van der Waals surface area contributed by atoms with Gasteiger partial charge in [0.2, 0.25) is 0 Å². The highest BCUT2D eigenvalue weighted by Crippen LogP contribution is 2.35. The number of hydrogen-bond donors (Lipinski definition) is 2. The van der Waals surface area contributed by atoms with Gasteiger partial charge in [-0.2, -0.15) is 45.6 Å². The number of fused-ring (bicyclic) bond motifs is 2. The summed E-state index contributed by atoms with van der Waals surface area (Å²) < 4.78 is 85.6. The van der Waals surface area contributed by atoms with Crippen LogP contribution in [-0.4, -0.2) is 40.9 Å². The van der Waals surface area contributed by atoms with Crippen molar-refractivity contribution < 1.29 is 35.9 Å². The number of nitrogens with two attached hydrogens (primary N) is 1. The van der Waals surface area contributed by atoms with Crippen LogP contribution in [-0.2, 0) is 17.1 Å². The van der Waals surface area contributed by atoms with Crippen molar-refractivity contribution in [2.75, 3.05) is 11.1 Å². The zero-order valence-corrected chi connectivity index (χ0v) is 24.9. The van der Waals surface area contributed by atoms with E-state index in [1.54, 1.807) is 75.4 Å². The monoisotopic (exact) mass is 656 g/mol. The van der Waals surface area contributed by atoms with E-state index in [1.807, 2.05) is 6.07 Å². The van der Waals surface area contributed by atoms with Gasteiger partial charge in [-0.25, -0.2) is 14.8 Å². The van der Waals surface area contributed by atoms with Crippen molar-refractivity contribution >= 4 is 29.0 Å². The Labute approximate surface area is 262 Å². The Kier molecular flexibility index (Phi) is 8.53. The van der Waals surface area contributed by atoms with E-state index >= 15 is 0 Å². The molecule has 244 valence electrons. The molecule has 0 aliphatic heterocycles. The lowest BCUT2D eigenvalue weighted by Crippen LogP contribution is -2.28. The van der Waals surface area contributed by atoms with Crippen LogP contribution in [0.2, 0.25) is 0 Å². The van der Waals surface area contributed by atoms with Crippen LogP contribution in [0.4, 0.5) is 42.8 Å². The number of nitrogens with one attached hydrogen (secondary N) is 1. The first-order valence-corrected chi connectivity index (χ1v) is 13.8. The topological polar surface area (TPSA) is 125 Å². The number of nitrogen functional groups attached to an aromatic ring is 1. The van der Waals surface area contributed by atoms with E-state index in [0.717, 1.165) is 15.2 Å². The standard InChI is InChI=1S/C18H17F3N4O2.C13H9F3N4/c1-17(2,3)27-16(26)24-14-9-13(11-7-5-4-6-8-11)23-15-12(18(19,20)21)10-22-25(14)15;14-13(15,16)9-7-18-20-11(17)6-10(19-12(9)20)8-4-2-1-3-5-8/h4-10H,1-3H3,(H,24,26);1-7H,17H2. The van der Waals surface area contributed by atoms with Crippen LogP contribution in [0.5, 0.6) is 0 Å². The van der Waals surface area contributed by atoms with Crippen LogP contribution in [0, 0.1) is 0 Å². The lowest BCUT2D eigenvalue weighted by molar-refractivity contribution is -0.137. The quantitative estimate of drug-likeness (QED) is 0.187. The van der Waals surface area contributed by atoms with E-state index in [2.05, 4.69) is 25.5 Å². The smallest absolute Gasteiger partial charge is 0.421 e. The van der Waals surface area contributed by atoms with E-state index < -0.39 is 40.8 Å². The number of hydrogen-bond acceptors (Lipinski definition) is 7. The SMILES string of the molecule is CC(C)(C)OC(=O)Nc1cc(-c2ccccc2)nc2c(C(F)(F)F)cnn12.Nc1cc(-c2ccccc2)nc2c(C(F)(F)F)cnn12. The summed E-state index contributed by atoms with van der Waals surface area (Å²) in [5.41, 5.74) is 4.31.